The Kier molecular flexibility index (Phi) is 2.77. The molecule has 2 nitrogen and oxygen atoms in total. The van der Waals surface area contributed by atoms with Crippen molar-refractivity contribution >= 4 is 16.8 Å². The summed E-state index contributed by atoms with van der Waals surface area (Å²) in [5, 5.41) is 11.7. The lowest BCUT2D eigenvalue weighted by Gasteiger charge is -2.26. The van der Waals surface area contributed by atoms with E-state index < -0.39 is 0 Å². The van der Waals surface area contributed by atoms with E-state index in [0.717, 1.165) is 25.2 Å². The van der Waals surface area contributed by atoms with Crippen LogP contribution in [0.3, 0.4) is 0 Å². The summed E-state index contributed by atoms with van der Waals surface area (Å²) in [6, 6.07) is 0.536. The normalized spacial score (nSPS) is 41.7. The summed E-state index contributed by atoms with van der Waals surface area (Å²) in [5.74, 6) is 0.776. The molecule has 0 radical (unpaired) electrons. The Hall–Kier alpha value is -0.0200. The van der Waals surface area contributed by atoms with Crippen LogP contribution < -0.4 is 0 Å². The second kappa shape index (κ2) is 4.10. The molecule has 0 saturated heterocycles. The first-order valence-electron chi connectivity index (χ1n) is 6.25. The third kappa shape index (κ3) is 1.96. The summed E-state index contributed by atoms with van der Waals surface area (Å²) >= 11 is 1.99. The molecule has 0 bridgehead atoms. The van der Waals surface area contributed by atoms with Gasteiger partial charge in [0.2, 0.25) is 0 Å². The number of fused-ring (bicyclic) bond motifs is 1. The molecule has 1 N–H and O–H groups in total. The van der Waals surface area contributed by atoms with Crippen molar-refractivity contribution in [1.82, 2.24) is 0 Å². The second-order valence-electron chi connectivity index (χ2n) is 5.14. The SMILES string of the molecule is OC1CCC2N=C(C3CCCC3)SC2C1. The van der Waals surface area contributed by atoms with Gasteiger partial charge >= 0.3 is 0 Å². The first-order valence-corrected chi connectivity index (χ1v) is 7.13. The number of aliphatic imine (C=N–C) groups is 1. The van der Waals surface area contributed by atoms with Crippen molar-refractivity contribution in [2.45, 2.75) is 62.3 Å². The van der Waals surface area contributed by atoms with Gasteiger partial charge < -0.3 is 5.11 Å². The van der Waals surface area contributed by atoms with E-state index in [1.165, 1.54) is 30.7 Å². The Labute approximate surface area is 95.5 Å². The smallest absolute Gasteiger partial charge is 0.0714 e. The first-order chi connectivity index (χ1) is 7.33. The lowest BCUT2D eigenvalue weighted by Crippen LogP contribution is -2.30. The molecule has 1 aliphatic heterocycles. The van der Waals surface area contributed by atoms with Crippen molar-refractivity contribution in [2.24, 2.45) is 10.9 Å². The molecular formula is C12H19NOS. The molecule has 3 aliphatic rings. The van der Waals surface area contributed by atoms with Gasteiger partial charge in [0.1, 0.15) is 0 Å². The molecule has 3 atom stereocenters. The fourth-order valence-electron chi connectivity index (χ4n) is 3.09. The minimum atomic E-state index is -0.0584. The van der Waals surface area contributed by atoms with Crippen molar-refractivity contribution in [3.05, 3.63) is 0 Å². The summed E-state index contributed by atoms with van der Waals surface area (Å²) in [6.45, 7) is 0. The number of aliphatic hydroxyl groups is 1. The predicted molar refractivity (Wildman–Crippen MR) is 64.4 cm³/mol. The molecule has 2 saturated carbocycles. The van der Waals surface area contributed by atoms with Crippen molar-refractivity contribution < 1.29 is 5.11 Å². The van der Waals surface area contributed by atoms with E-state index in [9.17, 15) is 5.11 Å². The van der Waals surface area contributed by atoms with Crippen LogP contribution in [0.1, 0.15) is 44.9 Å². The van der Waals surface area contributed by atoms with Crippen molar-refractivity contribution in [1.29, 1.82) is 0 Å². The zero-order valence-corrected chi connectivity index (χ0v) is 9.88. The van der Waals surface area contributed by atoms with Crippen molar-refractivity contribution in [3.8, 4) is 0 Å². The first kappa shape index (κ1) is 10.2. The van der Waals surface area contributed by atoms with Crippen LogP contribution in [0.5, 0.6) is 0 Å². The van der Waals surface area contributed by atoms with Crippen LogP contribution in [-0.4, -0.2) is 27.5 Å². The molecule has 2 aliphatic carbocycles. The van der Waals surface area contributed by atoms with E-state index in [-0.39, 0.29) is 6.10 Å². The number of aliphatic hydroxyl groups excluding tert-OH is 1. The standard InChI is InChI=1S/C12H19NOS/c14-9-5-6-10-11(7-9)15-12(13-10)8-3-1-2-4-8/h8-11,14H,1-7H2. The Morgan fingerprint density at radius 1 is 1.13 bits per heavy atom. The minimum Gasteiger partial charge on any atom is -0.393 e. The maximum Gasteiger partial charge on any atom is 0.0714 e. The van der Waals surface area contributed by atoms with Gasteiger partial charge in [0.25, 0.3) is 0 Å². The maximum atomic E-state index is 9.64. The molecule has 0 spiro atoms. The van der Waals surface area contributed by atoms with Gasteiger partial charge in [0, 0.05) is 11.2 Å². The molecular weight excluding hydrogens is 206 g/mol. The van der Waals surface area contributed by atoms with Crippen molar-refractivity contribution in [3.63, 3.8) is 0 Å². The number of nitrogens with zero attached hydrogens (tertiary/aromatic N) is 1. The van der Waals surface area contributed by atoms with Crippen LogP contribution in [-0.2, 0) is 0 Å². The molecule has 3 unspecified atom stereocenters. The summed E-state index contributed by atoms with van der Waals surface area (Å²) in [7, 11) is 0. The molecule has 0 aromatic carbocycles. The Morgan fingerprint density at radius 2 is 1.93 bits per heavy atom. The number of thioether (sulfide) groups is 1. The highest BCUT2D eigenvalue weighted by Crippen LogP contribution is 2.42. The molecule has 15 heavy (non-hydrogen) atoms. The third-order valence-electron chi connectivity index (χ3n) is 4.00. The Balaban J connectivity index is 1.68. The Bertz CT molecular complexity index is 273. The van der Waals surface area contributed by atoms with Gasteiger partial charge in [-0.15, -0.1) is 11.8 Å². The van der Waals surface area contributed by atoms with E-state index in [1.54, 1.807) is 0 Å². The average molecular weight is 225 g/mol. The summed E-state index contributed by atoms with van der Waals surface area (Å²) < 4.78 is 0. The van der Waals surface area contributed by atoms with Gasteiger partial charge in [-0.05, 0) is 32.1 Å². The van der Waals surface area contributed by atoms with Gasteiger partial charge in [0.15, 0.2) is 0 Å². The van der Waals surface area contributed by atoms with Crippen LogP contribution in [0.4, 0.5) is 0 Å². The van der Waals surface area contributed by atoms with Gasteiger partial charge in [0.05, 0.1) is 17.2 Å². The predicted octanol–water partition coefficient (Wildman–Crippen LogP) is 2.60. The van der Waals surface area contributed by atoms with E-state index >= 15 is 0 Å². The molecule has 1 heterocycles. The van der Waals surface area contributed by atoms with Crippen molar-refractivity contribution in [2.75, 3.05) is 0 Å². The van der Waals surface area contributed by atoms with E-state index in [4.69, 9.17) is 4.99 Å². The molecule has 2 fully saturated rings. The van der Waals surface area contributed by atoms with E-state index in [0.29, 0.717) is 11.3 Å². The summed E-state index contributed by atoms with van der Waals surface area (Å²) in [6.07, 6.45) is 8.47. The van der Waals surface area contributed by atoms with Gasteiger partial charge in [-0.2, -0.15) is 0 Å². The average Bonchev–Trinajstić information content (AvgIpc) is 2.84. The summed E-state index contributed by atoms with van der Waals surface area (Å²) in [5.41, 5.74) is 0. The van der Waals surface area contributed by atoms with Gasteiger partial charge in [-0.3, -0.25) is 4.99 Å². The number of hydrogen-bond acceptors (Lipinski definition) is 3. The quantitative estimate of drug-likeness (QED) is 0.744. The number of rotatable bonds is 1. The monoisotopic (exact) mass is 225 g/mol. The van der Waals surface area contributed by atoms with E-state index in [2.05, 4.69) is 0 Å². The lowest BCUT2D eigenvalue weighted by atomic mass is 9.93. The molecule has 3 rings (SSSR count). The van der Waals surface area contributed by atoms with Crippen LogP contribution in [0, 0.1) is 5.92 Å². The van der Waals surface area contributed by atoms with Gasteiger partial charge in [-0.25, -0.2) is 0 Å². The Morgan fingerprint density at radius 3 is 2.73 bits per heavy atom. The fourth-order valence-corrected chi connectivity index (χ4v) is 4.70. The fraction of sp³-hybridized carbons (Fsp3) is 0.917. The third-order valence-corrected chi connectivity index (χ3v) is 5.49. The van der Waals surface area contributed by atoms with Crippen LogP contribution >= 0.6 is 11.8 Å². The second-order valence-corrected chi connectivity index (χ2v) is 6.40. The van der Waals surface area contributed by atoms with Gasteiger partial charge in [-0.1, -0.05) is 12.8 Å². The van der Waals surface area contributed by atoms with Crippen LogP contribution in [0.25, 0.3) is 0 Å². The molecule has 0 aromatic heterocycles. The largest absolute Gasteiger partial charge is 0.393 e. The molecule has 3 heteroatoms. The molecule has 0 amide bonds. The highest BCUT2D eigenvalue weighted by molar-refractivity contribution is 8.14. The van der Waals surface area contributed by atoms with Crippen LogP contribution in [0.15, 0.2) is 4.99 Å². The number of hydrogen-bond donors (Lipinski definition) is 1. The molecule has 0 aromatic rings. The van der Waals surface area contributed by atoms with Crippen LogP contribution in [0.2, 0.25) is 0 Å². The minimum absolute atomic E-state index is 0.0584. The highest BCUT2D eigenvalue weighted by atomic mass is 32.2. The van der Waals surface area contributed by atoms with E-state index in [1.807, 2.05) is 11.8 Å². The highest BCUT2D eigenvalue weighted by Gasteiger charge is 2.38. The maximum absolute atomic E-state index is 9.64. The zero-order valence-electron chi connectivity index (χ0n) is 9.06. The lowest BCUT2D eigenvalue weighted by molar-refractivity contribution is 0.127. The topological polar surface area (TPSA) is 32.6 Å². The zero-order chi connectivity index (χ0) is 10.3. The molecule has 84 valence electrons. The summed E-state index contributed by atoms with van der Waals surface area (Å²) in [4.78, 5) is 4.89.